The molecular weight excluding hydrogens is 310 g/mol. The van der Waals surface area contributed by atoms with Gasteiger partial charge in [0.25, 0.3) is 5.69 Å². The van der Waals surface area contributed by atoms with Crippen molar-refractivity contribution < 1.29 is 19.1 Å². The molecule has 2 aromatic rings. The molecule has 1 heterocycles. The van der Waals surface area contributed by atoms with Gasteiger partial charge in [-0.1, -0.05) is 17.7 Å². The summed E-state index contributed by atoms with van der Waals surface area (Å²) in [4.78, 5) is 10.3. The molecule has 0 aromatic heterocycles. The molecule has 0 radical (unpaired) electrons. The zero-order valence-electron chi connectivity index (χ0n) is 13.9. The summed E-state index contributed by atoms with van der Waals surface area (Å²) in [5.41, 5.74) is 3.39. The second-order valence-electron chi connectivity index (χ2n) is 5.92. The first-order valence-electron chi connectivity index (χ1n) is 7.76. The van der Waals surface area contributed by atoms with Gasteiger partial charge in [0, 0.05) is 6.07 Å². The maximum absolute atomic E-state index is 10.8. The summed E-state index contributed by atoms with van der Waals surface area (Å²) >= 11 is 0. The number of non-ortho nitro benzene ring substituents is 1. The summed E-state index contributed by atoms with van der Waals surface area (Å²) in [6.45, 7) is 6.53. The zero-order chi connectivity index (χ0) is 17.3. The van der Waals surface area contributed by atoms with Gasteiger partial charge in [-0.05, 0) is 38.0 Å². The van der Waals surface area contributed by atoms with Crippen molar-refractivity contribution in [2.75, 3.05) is 6.61 Å². The van der Waals surface area contributed by atoms with Crippen molar-refractivity contribution >= 4 is 5.69 Å². The Bertz CT molecular complexity index is 764. The smallest absolute Gasteiger partial charge is 0.273 e. The maximum Gasteiger partial charge on any atom is 0.273 e. The fraction of sp³-hybridized carbons (Fsp3) is 0.333. The second kappa shape index (κ2) is 6.39. The van der Waals surface area contributed by atoms with Crippen LogP contribution in [0.2, 0.25) is 0 Å². The average molecular weight is 329 g/mol. The van der Waals surface area contributed by atoms with E-state index in [1.807, 2.05) is 13.8 Å². The number of hydrogen-bond donors (Lipinski definition) is 0. The normalized spacial score (nSPS) is 15.4. The van der Waals surface area contributed by atoms with Crippen LogP contribution in [0.5, 0.6) is 17.2 Å². The molecule has 2 aromatic carbocycles. The number of ether oxygens (including phenoxy) is 3. The highest BCUT2D eigenvalue weighted by molar-refractivity contribution is 5.50. The number of rotatable bonds is 5. The first-order chi connectivity index (χ1) is 11.4. The monoisotopic (exact) mass is 329 g/mol. The Morgan fingerprint density at radius 1 is 1.08 bits per heavy atom. The molecule has 0 fully saturated rings. The molecule has 126 valence electrons. The molecule has 3 rings (SSSR count). The minimum Gasteiger partial charge on any atom is -0.493 e. The third-order valence-electron chi connectivity index (χ3n) is 3.86. The fourth-order valence-corrected chi connectivity index (χ4v) is 2.88. The van der Waals surface area contributed by atoms with E-state index in [4.69, 9.17) is 14.2 Å². The SMILES string of the molecule is Cc1cc(C)c(OCCC2Oc3ccc([N+](=O)[O-])cc3O2)c(C)c1. The van der Waals surface area contributed by atoms with E-state index in [1.165, 1.54) is 17.7 Å². The Balaban J connectivity index is 1.58. The van der Waals surface area contributed by atoms with E-state index in [-0.39, 0.29) is 5.69 Å². The lowest BCUT2D eigenvalue weighted by molar-refractivity contribution is -0.384. The summed E-state index contributed by atoms with van der Waals surface area (Å²) in [6, 6.07) is 8.51. The highest BCUT2D eigenvalue weighted by atomic mass is 16.7. The van der Waals surface area contributed by atoms with Crippen molar-refractivity contribution in [3.8, 4) is 17.2 Å². The first-order valence-corrected chi connectivity index (χ1v) is 7.76. The van der Waals surface area contributed by atoms with Crippen LogP contribution < -0.4 is 14.2 Å². The minimum atomic E-state index is -0.493. The fourth-order valence-electron chi connectivity index (χ4n) is 2.88. The van der Waals surface area contributed by atoms with Gasteiger partial charge in [-0.3, -0.25) is 10.1 Å². The highest BCUT2D eigenvalue weighted by Crippen LogP contribution is 2.38. The van der Waals surface area contributed by atoms with Crippen molar-refractivity contribution in [2.24, 2.45) is 0 Å². The lowest BCUT2D eigenvalue weighted by Crippen LogP contribution is -2.21. The van der Waals surface area contributed by atoms with Gasteiger partial charge < -0.3 is 14.2 Å². The second-order valence-corrected chi connectivity index (χ2v) is 5.92. The molecule has 0 amide bonds. The largest absolute Gasteiger partial charge is 0.493 e. The van der Waals surface area contributed by atoms with Crippen molar-refractivity contribution in [1.82, 2.24) is 0 Å². The van der Waals surface area contributed by atoms with E-state index in [1.54, 1.807) is 6.07 Å². The quantitative estimate of drug-likeness (QED) is 0.610. The predicted octanol–water partition coefficient (Wildman–Crippen LogP) is 4.09. The first kappa shape index (κ1) is 16.1. The van der Waals surface area contributed by atoms with E-state index < -0.39 is 11.2 Å². The Labute approximate surface area is 140 Å². The molecule has 0 saturated carbocycles. The average Bonchev–Trinajstić information content (AvgIpc) is 2.91. The molecule has 24 heavy (non-hydrogen) atoms. The standard InChI is InChI=1S/C18H19NO5/c1-11-8-12(2)18(13(3)9-11)22-7-6-17-23-15-5-4-14(19(20)21)10-16(15)24-17/h4-5,8-10,17H,6-7H2,1-3H3. The van der Waals surface area contributed by atoms with Gasteiger partial charge in [-0.15, -0.1) is 0 Å². The Kier molecular flexibility index (Phi) is 4.29. The van der Waals surface area contributed by atoms with Crippen LogP contribution in [0.15, 0.2) is 30.3 Å². The highest BCUT2D eigenvalue weighted by Gasteiger charge is 2.26. The summed E-state index contributed by atoms with van der Waals surface area (Å²) in [5, 5.41) is 10.8. The lowest BCUT2D eigenvalue weighted by Gasteiger charge is -2.15. The summed E-state index contributed by atoms with van der Waals surface area (Å²) in [7, 11) is 0. The summed E-state index contributed by atoms with van der Waals surface area (Å²) in [6.07, 6.45) is 0.0305. The minimum absolute atomic E-state index is 0.0137. The number of nitro benzene ring substituents is 1. The van der Waals surface area contributed by atoms with Gasteiger partial charge in [0.2, 0.25) is 6.29 Å². The van der Waals surface area contributed by atoms with E-state index >= 15 is 0 Å². The van der Waals surface area contributed by atoms with Gasteiger partial charge in [0.1, 0.15) is 5.75 Å². The van der Waals surface area contributed by atoms with Crippen LogP contribution in [-0.4, -0.2) is 17.8 Å². The zero-order valence-corrected chi connectivity index (χ0v) is 13.9. The van der Waals surface area contributed by atoms with Crippen LogP contribution in [0, 0.1) is 30.9 Å². The molecule has 0 aliphatic carbocycles. The van der Waals surface area contributed by atoms with Gasteiger partial charge in [0.15, 0.2) is 11.5 Å². The van der Waals surface area contributed by atoms with Crippen LogP contribution in [0.25, 0.3) is 0 Å². The van der Waals surface area contributed by atoms with Crippen LogP contribution in [-0.2, 0) is 0 Å². The molecule has 0 saturated heterocycles. The maximum atomic E-state index is 10.8. The Hall–Kier alpha value is -2.76. The Morgan fingerprint density at radius 3 is 2.42 bits per heavy atom. The van der Waals surface area contributed by atoms with Crippen molar-refractivity contribution in [3.05, 3.63) is 57.1 Å². The molecule has 6 heteroatoms. The topological polar surface area (TPSA) is 70.8 Å². The van der Waals surface area contributed by atoms with Gasteiger partial charge in [-0.25, -0.2) is 0 Å². The van der Waals surface area contributed by atoms with Gasteiger partial charge >= 0.3 is 0 Å². The van der Waals surface area contributed by atoms with Crippen molar-refractivity contribution in [2.45, 2.75) is 33.5 Å². The summed E-state index contributed by atoms with van der Waals surface area (Å²) in [5.74, 6) is 1.80. The van der Waals surface area contributed by atoms with E-state index in [0.29, 0.717) is 24.5 Å². The molecule has 1 aliphatic heterocycles. The molecule has 1 atom stereocenters. The third kappa shape index (κ3) is 3.27. The number of fused-ring (bicyclic) bond motifs is 1. The van der Waals surface area contributed by atoms with Crippen LogP contribution >= 0.6 is 0 Å². The number of benzene rings is 2. The number of aryl methyl sites for hydroxylation is 3. The van der Waals surface area contributed by atoms with Crippen molar-refractivity contribution in [1.29, 1.82) is 0 Å². The molecule has 6 nitrogen and oxygen atoms in total. The predicted molar refractivity (Wildman–Crippen MR) is 88.9 cm³/mol. The van der Waals surface area contributed by atoms with Crippen LogP contribution in [0.1, 0.15) is 23.1 Å². The van der Waals surface area contributed by atoms with Crippen LogP contribution in [0.3, 0.4) is 0 Å². The number of nitro groups is 1. The summed E-state index contributed by atoms with van der Waals surface area (Å²) < 4.78 is 17.1. The Morgan fingerprint density at radius 2 is 1.75 bits per heavy atom. The van der Waals surface area contributed by atoms with Crippen LogP contribution in [0.4, 0.5) is 5.69 Å². The molecule has 0 N–H and O–H groups in total. The van der Waals surface area contributed by atoms with Crippen molar-refractivity contribution in [3.63, 3.8) is 0 Å². The van der Waals surface area contributed by atoms with Gasteiger partial charge in [-0.2, -0.15) is 0 Å². The van der Waals surface area contributed by atoms with E-state index in [0.717, 1.165) is 16.9 Å². The molecule has 0 spiro atoms. The van der Waals surface area contributed by atoms with E-state index in [2.05, 4.69) is 19.1 Å². The molecule has 1 aliphatic rings. The molecular formula is C18H19NO5. The third-order valence-corrected chi connectivity index (χ3v) is 3.86. The van der Waals surface area contributed by atoms with Gasteiger partial charge in [0.05, 0.1) is 24.0 Å². The number of nitrogens with zero attached hydrogens (tertiary/aromatic N) is 1. The van der Waals surface area contributed by atoms with E-state index in [9.17, 15) is 10.1 Å². The lowest BCUT2D eigenvalue weighted by atomic mass is 10.1. The number of hydrogen-bond acceptors (Lipinski definition) is 5. The molecule has 0 bridgehead atoms. The molecule has 1 unspecified atom stereocenters.